The molecule has 0 aliphatic carbocycles. The maximum atomic E-state index is 12.6. The second-order valence-electron chi connectivity index (χ2n) is 6.05. The van der Waals surface area contributed by atoms with Crippen molar-refractivity contribution in [2.75, 3.05) is 19.7 Å². The number of alkyl halides is 3. The average Bonchev–Trinajstić information content (AvgIpc) is 2.67. The first kappa shape index (κ1) is 19.2. The van der Waals surface area contributed by atoms with Crippen molar-refractivity contribution in [3.8, 4) is 11.5 Å². The Balaban J connectivity index is 1.52. The van der Waals surface area contributed by atoms with Gasteiger partial charge in [-0.1, -0.05) is 12.1 Å². The number of nitrogens with one attached hydrogen (secondary N) is 2. The van der Waals surface area contributed by atoms with E-state index in [0.717, 1.165) is 24.2 Å². The van der Waals surface area contributed by atoms with Crippen LogP contribution in [0.5, 0.6) is 11.5 Å². The molecule has 1 amide bonds. The minimum Gasteiger partial charge on any atom is -0.457 e. The first-order chi connectivity index (χ1) is 12.9. The average molecular weight is 380 g/mol. The summed E-state index contributed by atoms with van der Waals surface area (Å²) in [7, 11) is 0. The molecule has 0 spiro atoms. The third kappa shape index (κ3) is 5.45. The molecule has 1 heterocycles. The summed E-state index contributed by atoms with van der Waals surface area (Å²) in [4.78, 5) is 12.0. The number of rotatable bonds is 5. The topological polar surface area (TPSA) is 59.6 Å². The summed E-state index contributed by atoms with van der Waals surface area (Å²) in [6.07, 6.45) is -4.86. The van der Waals surface area contributed by atoms with Crippen molar-refractivity contribution in [3.05, 3.63) is 59.7 Å². The van der Waals surface area contributed by atoms with Gasteiger partial charge in [0, 0.05) is 19.6 Å². The zero-order valence-electron chi connectivity index (χ0n) is 14.4. The Morgan fingerprint density at radius 1 is 1.11 bits per heavy atom. The maximum Gasteiger partial charge on any atom is 0.416 e. The molecule has 8 heteroatoms. The Kier molecular flexibility index (Phi) is 5.98. The van der Waals surface area contributed by atoms with Gasteiger partial charge < -0.3 is 20.1 Å². The Labute approximate surface area is 154 Å². The maximum absolute atomic E-state index is 12.6. The Morgan fingerprint density at radius 3 is 2.30 bits per heavy atom. The highest BCUT2D eigenvalue weighted by atomic mass is 19.4. The molecule has 144 valence electrons. The van der Waals surface area contributed by atoms with E-state index in [2.05, 4.69) is 10.6 Å². The number of ether oxygens (including phenoxy) is 2. The molecule has 1 fully saturated rings. The molecule has 0 bridgehead atoms. The number of benzene rings is 2. The van der Waals surface area contributed by atoms with Crippen LogP contribution in [0.25, 0.3) is 0 Å². The summed E-state index contributed by atoms with van der Waals surface area (Å²) < 4.78 is 48.6. The zero-order valence-corrected chi connectivity index (χ0v) is 14.4. The molecule has 5 nitrogen and oxygen atoms in total. The van der Waals surface area contributed by atoms with E-state index in [0.29, 0.717) is 31.2 Å². The molecular formula is C19H19F3N2O3. The fraction of sp³-hybridized carbons (Fsp3) is 0.316. The number of hydrogen-bond acceptors (Lipinski definition) is 4. The number of amides is 1. The fourth-order valence-electron chi connectivity index (χ4n) is 2.56. The molecular weight excluding hydrogens is 361 g/mol. The number of hydrogen-bond donors (Lipinski definition) is 2. The van der Waals surface area contributed by atoms with Crippen molar-refractivity contribution < 1.29 is 27.4 Å². The van der Waals surface area contributed by atoms with E-state index in [1.165, 1.54) is 12.1 Å². The third-order valence-electron chi connectivity index (χ3n) is 4.03. The van der Waals surface area contributed by atoms with E-state index < -0.39 is 17.8 Å². The Hall–Kier alpha value is -2.58. The molecule has 1 atom stereocenters. The van der Waals surface area contributed by atoms with Crippen LogP contribution in [0, 0.1) is 0 Å². The summed E-state index contributed by atoms with van der Waals surface area (Å²) in [5, 5.41) is 5.90. The summed E-state index contributed by atoms with van der Waals surface area (Å²) in [6, 6.07) is 11.4. The molecule has 0 radical (unpaired) electrons. The van der Waals surface area contributed by atoms with Gasteiger partial charge in [0.2, 0.25) is 0 Å². The van der Waals surface area contributed by atoms with Gasteiger partial charge in [-0.2, -0.15) is 13.2 Å². The summed E-state index contributed by atoms with van der Waals surface area (Å²) in [6.45, 7) is 2.09. The van der Waals surface area contributed by atoms with Crippen LogP contribution in [0.3, 0.4) is 0 Å². The molecule has 1 aliphatic rings. The highest BCUT2D eigenvalue weighted by molar-refractivity contribution is 5.81. The van der Waals surface area contributed by atoms with Crippen molar-refractivity contribution in [1.82, 2.24) is 10.6 Å². The number of halogens is 3. The molecule has 0 aromatic heterocycles. The second-order valence-corrected chi connectivity index (χ2v) is 6.05. The van der Waals surface area contributed by atoms with Gasteiger partial charge in [0.05, 0.1) is 12.2 Å². The van der Waals surface area contributed by atoms with Crippen LogP contribution in [0.15, 0.2) is 48.5 Å². The minimum absolute atomic E-state index is 0.174. The quantitative estimate of drug-likeness (QED) is 0.837. The highest BCUT2D eigenvalue weighted by Crippen LogP contribution is 2.31. The van der Waals surface area contributed by atoms with Gasteiger partial charge >= 0.3 is 6.18 Å². The predicted molar refractivity (Wildman–Crippen MR) is 92.4 cm³/mol. The van der Waals surface area contributed by atoms with E-state index in [9.17, 15) is 18.0 Å². The van der Waals surface area contributed by atoms with Crippen molar-refractivity contribution in [2.45, 2.75) is 18.8 Å². The van der Waals surface area contributed by atoms with Gasteiger partial charge in [-0.3, -0.25) is 4.79 Å². The van der Waals surface area contributed by atoms with E-state index in [1.54, 1.807) is 24.3 Å². The Bertz CT molecular complexity index is 755. The zero-order chi connectivity index (χ0) is 19.3. The van der Waals surface area contributed by atoms with Crippen LogP contribution >= 0.6 is 0 Å². The number of carbonyl (C=O) groups is 1. The van der Waals surface area contributed by atoms with Gasteiger partial charge in [0.15, 0.2) is 0 Å². The van der Waals surface area contributed by atoms with E-state index in [-0.39, 0.29) is 5.91 Å². The third-order valence-corrected chi connectivity index (χ3v) is 4.03. The molecule has 1 unspecified atom stereocenters. The molecule has 1 aliphatic heterocycles. The van der Waals surface area contributed by atoms with Crippen LogP contribution in [0.4, 0.5) is 13.2 Å². The molecule has 0 saturated carbocycles. The standard InChI is InChI=1S/C19H19F3N2O3/c20-19(21,22)14-3-7-16(8-4-14)27-15-5-1-13(2-6-15)11-24-18(25)17-12-23-9-10-26-17/h1-8,17,23H,9-12H2,(H,24,25). The van der Waals surface area contributed by atoms with Crippen LogP contribution in [0.1, 0.15) is 11.1 Å². The van der Waals surface area contributed by atoms with Gasteiger partial charge in [0.1, 0.15) is 17.6 Å². The van der Waals surface area contributed by atoms with Crippen LogP contribution in [-0.4, -0.2) is 31.7 Å². The summed E-state index contributed by atoms with van der Waals surface area (Å²) in [5.74, 6) is 0.628. The summed E-state index contributed by atoms with van der Waals surface area (Å²) >= 11 is 0. The van der Waals surface area contributed by atoms with Crippen molar-refractivity contribution >= 4 is 5.91 Å². The molecule has 1 saturated heterocycles. The fourth-order valence-corrected chi connectivity index (χ4v) is 2.56. The Morgan fingerprint density at radius 2 is 1.74 bits per heavy atom. The predicted octanol–water partition coefficient (Wildman–Crippen LogP) is 3.10. The number of carbonyl (C=O) groups excluding carboxylic acids is 1. The first-order valence-corrected chi connectivity index (χ1v) is 8.46. The number of morpholine rings is 1. The van der Waals surface area contributed by atoms with E-state index >= 15 is 0 Å². The van der Waals surface area contributed by atoms with Crippen molar-refractivity contribution in [2.24, 2.45) is 0 Å². The lowest BCUT2D eigenvalue weighted by Gasteiger charge is -2.22. The molecule has 2 aromatic rings. The van der Waals surface area contributed by atoms with Gasteiger partial charge in [-0.15, -0.1) is 0 Å². The lowest BCUT2D eigenvalue weighted by atomic mass is 10.2. The summed E-state index contributed by atoms with van der Waals surface area (Å²) in [5.41, 5.74) is 0.143. The molecule has 2 N–H and O–H groups in total. The van der Waals surface area contributed by atoms with E-state index in [4.69, 9.17) is 9.47 Å². The van der Waals surface area contributed by atoms with Crippen LogP contribution < -0.4 is 15.4 Å². The molecule has 27 heavy (non-hydrogen) atoms. The second kappa shape index (κ2) is 8.41. The normalized spacial score (nSPS) is 17.4. The lowest BCUT2D eigenvalue weighted by molar-refractivity contribution is -0.137. The SMILES string of the molecule is O=C(NCc1ccc(Oc2ccc(C(F)(F)F)cc2)cc1)C1CNCCO1. The van der Waals surface area contributed by atoms with Crippen LogP contribution in [0.2, 0.25) is 0 Å². The molecule has 3 rings (SSSR count). The smallest absolute Gasteiger partial charge is 0.416 e. The lowest BCUT2D eigenvalue weighted by Crippen LogP contribution is -2.47. The van der Waals surface area contributed by atoms with Gasteiger partial charge in [-0.25, -0.2) is 0 Å². The highest BCUT2D eigenvalue weighted by Gasteiger charge is 2.30. The monoisotopic (exact) mass is 380 g/mol. The van der Waals surface area contributed by atoms with Gasteiger partial charge in [0.25, 0.3) is 5.91 Å². The van der Waals surface area contributed by atoms with Gasteiger partial charge in [-0.05, 0) is 42.0 Å². The van der Waals surface area contributed by atoms with Crippen molar-refractivity contribution in [1.29, 1.82) is 0 Å². The van der Waals surface area contributed by atoms with Crippen LogP contribution in [-0.2, 0) is 22.3 Å². The van der Waals surface area contributed by atoms with E-state index in [1.807, 2.05) is 0 Å². The van der Waals surface area contributed by atoms with Crippen molar-refractivity contribution in [3.63, 3.8) is 0 Å². The minimum atomic E-state index is -4.37. The first-order valence-electron chi connectivity index (χ1n) is 8.46. The molecule has 2 aromatic carbocycles. The largest absolute Gasteiger partial charge is 0.457 e.